The van der Waals surface area contributed by atoms with E-state index in [4.69, 9.17) is 4.74 Å². The Labute approximate surface area is 101 Å². The summed E-state index contributed by atoms with van der Waals surface area (Å²) in [7, 11) is 0. The Hall–Kier alpha value is -1.83. The predicted octanol–water partition coefficient (Wildman–Crippen LogP) is 3.29. The third-order valence-electron chi connectivity index (χ3n) is 3.18. The van der Waals surface area contributed by atoms with Gasteiger partial charge < -0.3 is 4.74 Å². The molecule has 86 valence electrons. The second-order valence-corrected chi connectivity index (χ2v) is 4.45. The molecule has 0 fully saturated rings. The van der Waals surface area contributed by atoms with Crippen LogP contribution in [-0.2, 0) is 4.74 Å². The van der Waals surface area contributed by atoms with Gasteiger partial charge in [-0.15, -0.1) is 0 Å². The van der Waals surface area contributed by atoms with Crippen molar-refractivity contribution in [2.45, 2.75) is 19.1 Å². The zero-order chi connectivity index (χ0) is 11.7. The molecule has 0 saturated heterocycles. The SMILES string of the molecule is CC1N=C(C2C=CC=C2)OC1c1ccccc1. The number of allylic oxidation sites excluding steroid dienone is 2. The van der Waals surface area contributed by atoms with Gasteiger partial charge in [0.1, 0.15) is 6.10 Å². The van der Waals surface area contributed by atoms with E-state index in [1.807, 2.05) is 30.4 Å². The van der Waals surface area contributed by atoms with Gasteiger partial charge in [-0.25, -0.2) is 4.99 Å². The van der Waals surface area contributed by atoms with Crippen molar-refractivity contribution in [3.8, 4) is 0 Å². The average molecular weight is 225 g/mol. The van der Waals surface area contributed by atoms with Crippen LogP contribution < -0.4 is 0 Å². The first-order valence-corrected chi connectivity index (χ1v) is 5.99. The molecular formula is C15H15NO. The van der Waals surface area contributed by atoms with Crippen molar-refractivity contribution in [3.05, 3.63) is 60.2 Å². The quantitative estimate of drug-likeness (QED) is 0.756. The minimum Gasteiger partial charge on any atom is -0.470 e. The molecule has 0 N–H and O–H groups in total. The summed E-state index contributed by atoms with van der Waals surface area (Å²) in [6.07, 6.45) is 8.36. The molecular weight excluding hydrogens is 210 g/mol. The summed E-state index contributed by atoms with van der Waals surface area (Å²) in [6, 6.07) is 10.5. The molecule has 2 atom stereocenters. The van der Waals surface area contributed by atoms with Gasteiger partial charge in [-0.2, -0.15) is 0 Å². The van der Waals surface area contributed by atoms with E-state index in [2.05, 4.69) is 36.2 Å². The van der Waals surface area contributed by atoms with Crippen molar-refractivity contribution in [3.63, 3.8) is 0 Å². The van der Waals surface area contributed by atoms with E-state index in [-0.39, 0.29) is 18.1 Å². The van der Waals surface area contributed by atoms with E-state index in [0.29, 0.717) is 0 Å². The van der Waals surface area contributed by atoms with Crippen LogP contribution in [0.1, 0.15) is 18.6 Å². The number of hydrogen-bond acceptors (Lipinski definition) is 2. The van der Waals surface area contributed by atoms with Crippen molar-refractivity contribution < 1.29 is 4.74 Å². The summed E-state index contributed by atoms with van der Waals surface area (Å²) in [5, 5.41) is 0. The Morgan fingerprint density at radius 1 is 1.06 bits per heavy atom. The number of ether oxygens (including phenoxy) is 1. The fourth-order valence-electron chi connectivity index (χ4n) is 2.28. The lowest BCUT2D eigenvalue weighted by molar-refractivity contribution is 0.195. The molecule has 1 heterocycles. The molecule has 0 radical (unpaired) electrons. The first-order valence-electron chi connectivity index (χ1n) is 5.99. The van der Waals surface area contributed by atoms with Gasteiger partial charge in [0.15, 0.2) is 5.90 Å². The maximum atomic E-state index is 5.99. The summed E-state index contributed by atoms with van der Waals surface area (Å²) in [6.45, 7) is 2.10. The summed E-state index contributed by atoms with van der Waals surface area (Å²) < 4.78 is 5.99. The minimum atomic E-state index is 0.0635. The van der Waals surface area contributed by atoms with E-state index in [1.54, 1.807) is 0 Å². The van der Waals surface area contributed by atoms with Crippen molar-refractivity contribution >= 4 is 5.90 Å². The molecule has 2 heteroatoms. The van der Waals surface area contributed by atoms with Gasteiger partial charge >= 0.3 is 0 Å². The highest BCUT2D eigenvalue weighted by molar-refractivity contribution is 5.85. The fraction of sp³-hybridized carbons (Fsp3) is 0.267. The Morgan fingerprint density at radius 3 is 2.47 bits per heavy atom. The van der Waals surface area contributed by atoms with Crippen molar-refractivity contribution in [2.75, 3.05) is 0 Å². The molecule has 3 rings (SSSR count). The zero-order valence-electron chi connectivity index (χ0n) is 9.78. The third-order valence-corrected chi connectivity index (χ3v) is 3.18. The zero-order valence-corrected chi connectivity index (χ0v) is 9.78. The van der Waals surface area contributed by atoms with E-state index in [0.717, 1.165) is 5.90 Å². The Bertz CT molecular complexity index is 475. The molecule has 0 spiro atoms. The third kappa shape index (κ3) is 1.91. The first kappa shape index (κ1) is 10.3. The second-order valence-electron chi connectivity index (χ2n) is 4.45. The van der Waals surface area contributed by atoms with Crippen LogP contribution in [0.4, 0.5) is 0 Å². The summed E-state index contributed by atoms with van der Waals surface area (Å²) in [5.41, 5.74) is 1.20. The van der Waals surface area contributed by atoms with Gasteiger partial charge in [0.05, 0.1) is 12.0 Å². The lowest BCUT2D eigenvalue weighted by atomic mass is 10.0. The normalized spacial score (nSPS) is 27.2. The first-order chi connectivity index (χ1) is 8.34. The number of rotatable bonds is 2. The van der Waals surface area contributed by atoms with E-state index in [1.165, 1.54) is 5.56 Å². The van der Waals surface area contributed by atoms with Crippen LogP contribution in [0.2, 0.25) is 0 Å². The van der Waals surface area contributed by atoms with E-state index < -0.39 is 0 Å². The molecule has 0 aromatic heterocycles. The molecule has 0 bridgehead atoms. The van der Waals surface area contributed by atoms with Crippen LogP contribution in [0.3, 0.4) is 0 Å². The topological polar surface area (TPSA) is 21.6 Å². The van der Waals surface area contributed by atoms with Crippen molar-refractivity contribution in [2.24, 2.45) is 10.9 Å². The molecule has 1 aliphatic heterocycles. The molecule has 1 aromatic carbocycles. The molecule has 2 aliphatic rings. The summed E-state index contributed by atoms with van der Waals surface area (Å²) >= 11 is 0. The van der Waals surface area contributed by atoms with Gasteiger partial charge in [-0.1, -0.05) is 54.6 Å². The Kier molecular flexibility index (Phi) is 2.56. The summed E-state index contributed by atoms with van der Waals surface area (Å²) in [5.74, 6) is 1.07. The predicted molar refractivity (Wildman–Crippen MR) is 68.9 cm³/mol. The van der Waals surface area contributed by atoms with Crippen LogP contribution in [0.5, 0.6) is 0 Å². The van der Waals surface area contributed by atoms with Crippen LogP contribution in [0, 0.1) is 5.92 Å². The standard InChI is InChI=1S/C15H15NO/c1-11-14(12-7-3-2-4-8-12)17-15(16-11)13-9-5-6-10-13/h2-11,13-14H,1H3. The molecule has 1 aromatic rings. The van der Waals surface area contributed by atoms with Gasteiger partial charge in [0.25, 0.3) is 0 Å². The van der Waals surface area contributed by atoms with Crippen molar-refractivity contribution in [1.82, 2.24) is 0 Å². The maximum Gasteiger partial charge on any atom is 0.195 e. The number of hydrogen-bond donors (Lipinski definition) is 0. The Balaban J connectivity index is 1.80. The number of aliphatic imine (C=N–C) groups is 1. The minimum absolute atomic E-state index is 0.0635. The maximum absolute atomic E-state index is 5.99. The fourth-order valence-corrected chi connectivity index (χ4v) is 2.28. The van der Waals surface area contributed by atoms with Crippen LogP contribution in [0.25, 0.3) is 0 Å². The van der Waals surface area contributed by atoms with Crippen LogP contribution in [0.15, 0.2) is 59.6 Å². The molecule has 0 saturated carbocycles. The Morgan fingerprint density at radius 2 is 1.76 bits per heavy atom. The monoisotopic (exact) mass is 225 g/mol. The number of benzene rings is 1. The van der Waals surface area contributed by atoms with Gasteiger partial charge in [0, 0.05) is 0 Å². The van der Waals surface area contributed by atoms with Crippen LogP contribution in [-0.4, -0.2) is 11.9 Å². The highest BCUT2D eigenvalue weighted by atomic mass is 16.5. The second kappa shape index (κ2) is 4.21. The van der Waals surface area contributed by atoms with E-state index in [9.17, 15) is 0 Å². The number of nitrogens with zero attached hydrogens (tertiary/aromatic N) is 1. The lowest BCUT2D eigenvalue weighted by Crippen LogP contribution is -2.13. The molecule has 1 aliphatic carbocycles. The molecule has 2 unspecified atom stereocenters. The lowest BCUT2D eigenvalue weighted by Gasteiger charge is -2.15. The van der Waals surface area contributed by atoms with Gasteiger partial charge in [-0.05, 0) is 12.5 Å². The average Bonchev–Trinajstić information content (AvgIpc) is 2.99. The largest absolute Gasteiger partial charge is 0.470 e. The highest BCUT2D eigenvalue weighted by Crippen LogP contribution is 2.31. The smallest absolute Gasteiger partial charge is 0.195 e. The molecule has 0 amide bonds. The summed E-state index contributed by atoms with van der Waals surface area (Å²) in [4.78, 5) is 4.62. The van der Waals surface area contributed by atoms with Crippen molar-refractivity contribution in [1.29, 1.82) is 0 Å². The van der Waals surface area contributed by atoms with Gasteiger partial charge in [0.2, 0.25) is 0 Å². The van der Waals surface area contributed by atoms with Gasteiger partial charge in [-0.3, -0.25) is 0 Å². The molecule has 2 nitrogen and oxygen atoms in total. The van der Waals surface area contributed by atoms with E-state index >= 15 is 0 Å². The molecule has 17 heavy (non-hydrogen) atoms. The van der Waals surface area contributed by atoms with Crippen LogP contribution >= 0.6 is 0 Å². The highest BCUT2D eigenvalue weighted by Gasteiger charge is 2.31.